The minimum atomic E-state index is 0.0611. The maximum Gasteiger partial charge on any atom is 0.317 e. The van der Waals surface area contributed by atoms with Gasteiger partial charge < -0.3 is 14.6 Å². The zero-order valence-electron chi connectivity index (χ0n) is 12.5. The summed E-state index contributed by atoms with van der Waals surface area (Å²) in [6.45, 7) is 3.63. The summed E-state index contributed by atoms with van der Waals surface area (Å²) in [7, 11) is 0. The first-order valence-corrected chi connectivity index (χ1v) is 7.71. The van der Waals surface area contributed by atoms with E-state index >= 15 is 0 Å². The van der Waals surface area contributed by atoms with Crippen LogP contribution in [0.2, 0.25) is 0 Å². The summed E-state index contributed by atoms with van der Waals surface area (Å²) in [5.74, 6) is 0. The van der Waals surface area contributed by atoms with Gasteiger partial charge in [-0.05, 0) is 38.3 Å². The lowest BCUT2D eigenvalue weighted by atomic mass is 10.0. The number of pyridine rings is 1. The van der Waals surface area contributed by atoms with E-state index in [-0.39, 0.29) is 6.03 Å². The number of imidazole rings is 1. The number of nitrogens with one attached hydrogen (secondary N) is 1. The second-order valence-corrected chi connectivity index (χ2v) is 5.72. The average Bonchev–Trinajstić information content (AvgIpc) is 2.90. The van der Waals surface area contributed by atoms with E-state index < -0.39 is 0 Å². The second kappa shape index (κ2) is 6.16. The van der Waals surface area contributed by atoms with Crippen LogP contribution in [0, 0.1) is 0 Å². The van der Waals surface area contributed by atoms with Gasteiger partial charge in [0.05, 0.1) is 5.69 Å². The SMILES string of the molecule is CC1CCCCN1C(=O)NCCc1cn2ccccc2n1. The van der Waals surface area contributed by atoms with Crippen LogP contribution >= 0.6 is 0 Å². The molecule has 3 heterocycles. The molecule has 3 rings (SSSR count). The van der Waals surface area contributed by atoms with Gasteiger partial charge in [0.1, 0.15) is 5.65 Å². The molecule has 1 N–H and O–H groups in total. The molecule has 112 valence electrons. The molecule has 5 heteroatoms. The Labute approximate surface area is 125 Å². The van der Waals surface area contributed by atoms with Crippen molar-refractivity contribution < 1.29 is 4.79 Å². The molecule has 0 radical (unpaired) electrons. The number of carbonyl (C=O) groups is 1. The molecule has 0 saturated carbocycles. The van der Waals surface area contributed by atoms with E-state index in [1.165, 1.54) is 6.42 Å². The van der Waals surface area contributed by atoms with Gasteiger partial charge in [-0.15, -0.1) is 0 Å². The van der Waals surface area contributed by atoms with E-state index in [0.29, 0.717) is 12.6 Å². The number of hydrogen-bond donors (Lipinski definition) is 1. The number of urea groups is 1. The van der Waals surface area contributed by atoms with E-state index in [1.807, 2.05) is 39.9 Å². The first kappa shape index (κ1) is 13.9. The van der Waals surface area contributed by atoms with Crippen LogP contribution in [0.1, 0.15) is 31.9 Å². The fourth-order valence-corrected chi connectivity index (χ4v) is 2.91. The highest BCUT2D eigenvalue weighted by Crippen LogP contribution is 2.16. The third-order valence-corrected chi connectivity index (χ3v) is 4.14. The molecule has 1 saturated heterocycles. The molecule has 1 fully saturated rings. The highest BCUT2D eigenvalue weighted by atomic mass is 16.2. The molecule has 1 unspecified atom stereocenters. The Morgan fingerprint density at radius 2 is 2.33 bits per heavy atom. The molecule has 2 amide bonds. The van der Waals surface area contributed by atoms with Crippen LogP contribution in [0.15, 0.2) is 30.6 Å². The number of fused-ring (bicyclic) bond motifs is 1. The van der Waals surface area contributed by atoms with Gasteiger partial charge in [-0.2, -0.15) is 0 Å². The number of piperidine rings is 1. The maximum atomic E-state index is 12.2. The van der Waals surface area contributed by atoms with Gasteiger partial charge in [0.25, 0.3) is 0 Å². The third kappa shape index (κ3) is 3.17. The largest absolute Gasteiger partial charge is 0.338 e. The van der Waals surface area contributed by atoms with Crippen LogP contribution in [-0.4, -0.2) is 39.4 Å². The Balaban J connectivity index is 1.52. The average molecular weight is 286 g/mol. The molecule has 1 aliphatic heterocycles. The molecular weight excluding hydrogens is 264 g/mol. The van der Waals surface area contributed by atoms with Crippen molar-refractivity contribution >= 4 is 11.7 Å². The molecule has 0 aromatic carbocycles. The van der Waals surface area contributed by atoms with Gasteiger partial charge >= 0.3 is 6.03 Å². The van der Waals surface area contributed by atoms with Crippen LogP contribution < -0.4 is 5.32 Å². The number of hydrogen-bond acceptors (Lipinski definition) is 2. The highest BCUT2D eigenvalue weighted by molar-refractivity contribution is 5.74. The van der Waals surface area contributed by atoms with Crippen molar-refractivity contribution in [3.63, 3.8) is 0 Å². The van der Waals surface area contributed by atoms with Gasteiger partial charge in [-0.25, -0.2) is 9.78 Å². The summed E-state index contributed by atoms with van der Waals surface area (Å²) < 4.78 is 2.00. The normalized spacial score (nSPS) is 18.9. The number of aromatic nitrogens is 2. The summed E-state index contributed by atoms with van der Waals surface area (Å²) in [5, 5.41) is 3.01. The van der Waals surface area contributed by atoms with Gasteiger partial charge in [0.15, 0.2) is 0 Å². The van der Waals surface area contributed by atoms with Gasteiger partial charge in [-0.1, -0.05) is 6.07 Å². The summed E-state index contributed by atoms with van der Waals surface area (Å²) in [5.41, 5.74) is 1.96. The molecule has 1 aliphatic rings. The third-order valence-electron chi connectivity index (χ3n) is 4.14. The Morgan fingerprint density at radius 3 is 3.14 bits per heavy atom. The Bertz CT molecular complexity index is 589. The Morgan fingerprint density at radius 1 is 1.43 bits per heavy atom. The summed E-state index contributed by atoms with van der Waals surface area (Å²) in [6, 6.07) is 6.36. The predicted octanol–water partition coefficient (Wildman–Crippen LogP) is 2.46. The number of nitrogens with zero attached hydrogens (tertiary/aromatic N) is 3. The number of amides is 2. The van der Waals surface area contributed by atoms with E-state index in [0.717, 1.165) is 37.1 Å². The topological polar surface area (TPSA) is 49.6 Å². The summed E-state index contributed by atoms with van der Waals surface area (Å²) in [6.07, 6.45) is 8.22. The highest BCUT2D eigenvalue weighted by Gasteiger charge is 2.22. The van der Waals surface area contributed by atoms with Crippen molar-refractivity contribution in [1.29, 1.82) is 0 Å². The van der Waals surface area contributed by atoms with Crippen molar-refractivity contribution in [2.75, 3.05) is 13.1 Å². The lowest BCUT2D eigenvalue weighted by Gasteiger charge is -2.33. The van der Waals surface area contributed by atoms with Crippen LogP contribution in [0.5, 0.6) is 0 Å². The first-order chi connectivity index (χ1) is 10.2. The molecular formula is C16H22N4O. The Hall–Kier alpha value is -2.04. The van der Waals surface area contributed by atoms with Crippen molar-refractivity contribution in [3.05, 3.63) is 36.3 Å². The number of likely N-dealkylation sites (tertiary alicyclic amines) is 1. The molecule has 1 atom stereocenters. The van der Waals surface area contributed by atoms with Crippen molar-refractivity contribution in [1.82, 2.24) is 19.6 Å². The Kier molecular flexibility index (Phi) is 4.08. The smallest absolute Gasteiger partial charge is 0.317 e. The van der Waals surface area contributed by atoms with Gasteiger partial charge in [0, 0.05) is 37.9 Å². The zero-order chi connectivity index (χ0) is 14.7. The van der Waals surface area contributed by atoms with Gasteiger partial charge in [0.2, 0.25) is 0 Å². The molecule has 2 aromatic rings. The van der Waals surface area contributed by atoms with Crippen LogP contribution in [0.4, 0.5) is 4.79 Å². The fraction of sp³-hybridized carbons (Fsp3) is 0.500. The lowest BCUT2D eigenvalue weighted by Crippen LogP contribution is -2.47. The second-order valence-electron chi connectivity index (χ2n) is 5.72. The minimum absolute atomic E-state index is 0.0611. The lowest BCUT2D eigenvalue weighted by molar-refractivity contribution is 0.158. The fourth-order valence-electron chi connectivity index (χ4n) is 2.91. The number of carbonyl (C=O) groups excluding carboxylic acids is 1. The molecule has 2 aromatic heterocycles. The number of rotatable bonds is 3. The first-order valence-electron chi connectivity index (χ1n) is 7.71. The van der Waals surface area contributed by atoms with Gasteiger partial charge in [-0.3, -0.25) is 0 Å². The van der Waals surface area contributed by atoms with Crippen molar-refractivity contribution in [2.24, 2.45) is 0 Å². The molecule has 21 heavy (non-hydrogen) atoms. The maximum absolute atomic E-state index is 12.2. The van der Waals surface area contributed by atoms with Crippen LogP contribution in [0.25, 0.3) is 5.65 Å². The predicted molar refractivity (Wildman–Crippen MR) is 82.3 cm³/mol. The standard InChI is InChI=1S/C16H22N4O/c1-13-6-2-5-11-20(13)16(21)17-9-8-14-12-19-10-4-3-7-15(19)18-14/h3-4,7,10,12-13H,2,5-6,8-9,11H2,1H3,(H,17,21). The molecule has 0 spiro atoms. The van der Waals surface area contributed by atoms with Crippen LogP contribution in [-0.2, 0) is 6.42 Å². The van der Waals surface area contributed by atoms with E-state index in [9.17, 15) is 4.79 Å². The summed E-state index contributed by atoms with van der Waals surface area (Å²) >= 11 is 0. The van der Waals surface area contributed by atoms with E-state index in [1.54, 1.807) is 0 Å². The van der Waals surface area contributed by atoms with Crippen molar-refractivity contribution in [2.45, 2.75) is 38.6 Å². The molecule has 0 bridgehead atoms. The molecule has 5 nitrogen and oxygen atoms in total. The van der Waals surface area contributed by atoms with Crippen molar-refractivity contribution in [3.8, 4) is 0 Å². The van der Waals surface area contributed by atoms with Crippen LogP contribution in [0.3, 0.4) is 0 Å². The monoisotopic (exact) mass is 286 g/mol. The van der Waals surface area contributed by atoms with E-state index in [4.69, 9.17) is 0 Å². The minimum Gasteiger partial charge on any atom is -0.338 e. The van der Waals surface area contributed by atoms with E-state index in [2.05, 4.69) is 17.2 Å². The summed E-state index contributed by atoms with van der Waals surface area (Å²) in [4.78, 5) is 18.6. The quantitative estimate of drug-likeness (QED) is 0.942. The zero-order valence-corrected chi connectivity index (χ0v) is 12.5. The molecule has 0 aliphatic carbocycles.